The van der Waals surface area contributed by atoms with Crippen molar-refractivity contribution < 1.29 is 4.79 Å². The van der Waals surface area contributed by atoms with Crippen LogP contribution in [0, 0.1) is 0 Å². The number of carbonyl (C=O) groups excluding carboxylic acids is 1. The molecule has 0 saturated heterocycles. The van der Waals surface area contributed by atoms with E-state index in [1.54, 1.807) is 19.3 Å². The Morgan fingerprint density at radius 2 is 2.33 bits per heavy atom. The van der Waals surface area contributed by atoms with Gasteiger partial charge in [-0.15, -0.1) is 0 Å². The summed E-state index contributed by atoms with van der Waals surface area (Å²) in [4.78, 5) is 15.1. The van der Waals surface area contributed by atoms with E-state index in [4.69, 9.17) is 0 Å². The monoisotopic (exact) mass is 182 g/mol. The molecule has 0 aliphatic carbocycles. The van der Waals surface area contributed by atoms with Crippen LogP contribution >= 0.6 is 8.58 Å². The third-order valence-corrected chi connectivity index (χ3v) is 2.38. The second-order valence-electron chi connectivity index (χ2n) is 2.26. The maximum absolute atomic E-state index is 11.0. The van der Waals surface area contributed by atoms with Crippen LogP contribution in [0.4, 0.5) is 0 Å². The predicted octanol–water partition coefficient (Wildman–Crippen LogP) is 0.375. The number of amides is 1. The molecule has 0 radical (unpaired) electrons. The molecule has 1 rings (SSSR count). The zero-order chi connectivity index (χ0) is 8.97. The number of aromatic nitrogens is 1. The van der Waals surface area contributed by atoms with E-state index in [0.29, 0.717) is 5.69 Å². The van der Waals surface area contributed by atoms with Crippen molar-refractivity contribution in [1.82, 2.24) is 10.3 Å². The van der Waals surface area contributed by atoms with Gasteiger partial charge in [-0.1, -0.05) is 14.6 Å². The van der Waals surface area contributed by atoms with Crippen molar-refractivity contribution in [1.29, 1.82) is 0 Å². The van der Waals surface area contributed by atoms with E-state index in [-0.39, 0.29) is 5.91 Å². The summed E-state index contributed by atoms with van der Waals surface area (Å²) in [6, 6.07) is 3.67. The molecule has 64 valence electrons. The fourth-order valence-electron chi connectivity index (χ4n) is 0.804. The van der Waals surface area contributed by atoms with Crippen LogP contribution in [-0.2, 0) is 0 Å². The van der Waals surface area contributed by atoms with Crippen LogP contribution in [0.5, 0.6) is 0 Å². The average Bonchev–Trinajstić information content (AvgIpc) is 2.17. The molecule has 1 atom stereocenters. The molecular formula is C8H11N2OP. The van der Waals surface area contributed by atoms with Gasteiger partial charge in [0.1, 0.15) is 5.69 Å². The summed E-state index contributed by atoms with van der Waals surface area (Å²) < 4.78 is 0. The Labute approximate surface area is 73.4 Å². The molecule has 0 saturated carbocycles. The van der Waals surface area contributed by atoms with Gasteiger partial charge in [0, 0.05) is 13.2 Å². The first-order valence-electron chi connectivity index (χ1n) is 3.64. The van der Waals surface area contributed by atoms with Gasteiger partial charge in [0.25, 0.3) is 5.91 Å². The topological polar surface area (TPSA) is 42.0 Å². The number of pyridine rings is 1. The largest absolute Gasteiger partial charge is 0.354 e. The molecule has 12 heavy (non-hydrogen) atoms. The molecule has 0 aliphatic heterocycles. The number of nitrogens with zero attached hydrogens (tertiary/aromatic N) is 1. The number of rotatable bonds is 2. The van der Waals surface area contributed by atoms with Crippen LogP contribution in [0.1, 0.15) is 10.5 Å². The second-order valence-corrected chi connectivity index (χ2v) is 3.34. The van der Waals surface area contributed by atoms with E-state index >= 15 is 0 Å². The van der Waals surface area contributed by atoms with E-state index in [9.17, 15) is 4.79 Å². The van der Waals surface area contributed by atoms with Crippen molar-refractivity contribution in [2.45, 2.75) is 0 Å². The molecule has 1 heterocycles. The number of nitrogens with one attached hydrogen (secondary N) is 1. The third kappa shape index (κ3) is 2.02. The minimum Gasteiger partial charge on any atom is -0.354 e. The van der Waals surface area contributed by atoms with Gasteiger partial charge < -0.3 is 5.32 Å². The minimum atomic E-state index is -0.138. The third-order valence-electron chi connectivity index (χ3n) is 1.51. The van der Waals surface area contributed by atoms with Gasteiger partial charge in [-0.2, -0.15) is 0 Å². The first-order valence-corrected chi connectivity index (χ1v) is 5.14. The molecule has 3 nitrogen and oxygen atoms in total. The number of hydrogen-bond donors (Lipinski definition) is 1. The summed E-state index contributed by atoms with van der Waals surface area (Å²) >= 11 is 0. The van der Waals surface area contributed by atoms with Crippen molar-refractivity contribution in [3.05, 3.63) is 24.0 Å². The number of carbonyl (C=O) groups is 1. The summed E-state index contributed by atoms with van der Waals surface area (Å²) in [6.45, 7) is 2.08. The van der Waals surface area contributed by atoms with Gasteiger partial charge >= 0.3 is 0 Å². The molecule has 1 unspecified atom stereocenters. The quantitative estimate of drug-likeness (QED) is 0.671. The van der Waals surface area contributed by atoms with Crippen molar-refractivity contribution in [2.75, 3.05) is 13.7 Å². The second kappa shape index (κ2) is 4.17. The normalized spacial score (nSPS) is 10.5. The lowest BCUT2D eigenvalue weighted by atomic mass is 10.3. The van der Waals surface area contributed by atoms with E-state index in [2.05, 4.69) is 17.0 Å². The summed E-state index contributed by atoms with van der Waals surface area (Å²) in [6.07, 6.45) is 1.74. The highest BCUT2D eigenvalue weighted by atomic mass is 31.1. The smallest absolute Gasteiger partial charge is 0.269 e. The molecule has 1 aromatic heterocycles. The summed E-state index contributed by atoms with van der Waals surface area (Å²) in [5.41, 5.74) is 0.472. The Balaban J connectivity index is 2.84. The zero-order valence-electron chi connectivity index (χ0n) is 7.09. The molecule has 0 aliphatic rings. The Hall–Kier alpha value is -0.950. The minimum absolute atomic E-state index is 0.138. The van der Waals surface area contributed by atoms with Gasteiger partial charge in [-0.05, 0) is 18.0 Å². The van der Waals surface area contributed by atoms with Gasteiger partial charge in [-0.25, -0.2) is 0 Å². The first-order chi connectivity index (χ1) is 5.77. The highest BCUT2D eigenvalue weighted by molar-refractivity contribution is 7.46. The van der Waals surface area contributed by atoms with Crippen LogP contribution in [0.15, 0.2) is 18.3 Å². The van der Waals surface area contributed by atoms with Crippen molar-refractivity contribution in [3.63, 3.8) is 0 Å². The Kier molecular flexibility index (Phi) is 3.18. The highest BCUT2D eigenvalue weighted by Gasteiger charge is 2.02. The predicted molar refractivity (Wildman–Crippen MR) is 51.5 cm³/mol. The van der Waals surface area contributed by atoms with Crippen molar-refractivity contribution in [3.8, 4) is 0 Å². The first kappa shape index (κ1) is 9.14. The van der Waals surface area contributed by atoms with E-state index in [0.717, 1.165) is 8.58 Å². The van der Waals surface area contributed by atoms with Gasteiger partial charge in [0.15, 0.2) is 0 Å². The average molecular weight is 182 g/mol. The van der Waals surface area contributed by atoms with Gasteiger partial charge in [0.2, 0.25) is 0 Å². The van der Waals surface area contributed by atoms with Crippen molar-refractivity contribution >= 4 is 19.8 Å². The summed E-state index contributed by atoms with van der Waals surface area (Å²) in [5.74, 6) is -0.138. The van der Waals surface area contributed by atoms with Gasteiger partial charge in [-0.3, -0.25) is 9.78 Å². The number of hydrogen-bond acceptors (Lipinski definition) is 2. The molecule has 4 heteroatoms. The van der Waals surface area contributed by atoms with Crippen LogP contribution in [0.25, 0.3) is 0 Å². The lowest BCUT2D eigenvalue weighted by Gasteiger charge is -1.99. The van der Waals surface area contributed by atoms with E-state index < -0.39 is 0 Å². The van der Waals surface area contributed by atoms with Crippen LogP contribution < -0.4 is 10.6 Å². The fraction of sp³-hybridized carbons (Fsp3) is 0.250. The van der Waals surface area contributed by atoms with E-state index in [1.807, 2.05) is 6.07 Å². The van der Waals surface area contributed by atoms with Crippen LogP contribution in [0.3, 0.4) is 0 Å². The van der Waals surface area contributed by atoms with Gasteiger partial charge in [0.05, 0.1) is 0 Å². The molecule has 0 bridgehead atoms. The zero-order valence-corrected chi connectivity index (χ0v) is 8.09. The molecule has 0 aromatic carbocycles. The highest BCUT2D eigenvalue weighted by Crippen LogP contribution is 2.02. The molecule has 0 spiro atoms. The van der Waals surface area contributed by atoms with Crippen LogP contribution in [0.2, 0.25) is 0 Å². The maximum atomic E-state index is 11.0. The maximum Gasteiger partial charge on any atom is 0.269 e. The molecular weight excluding hydrogens is 171 g/mol. The lowest BCUT2D eigenvalue weighted by Crippen LogP contribution is -2.19. The fourth-order valence-corrected chi connectivity index (χ4v) is 1.25. The Morgan fingerprint density at radius 3 is 2.75 bits per heavy atom. The Morgan fingerprint density at radius 1 is 1.58 bits per heavy atom. The summed E-state index contributed by atoms with van der Waals surface area (Å²) in [7, 11) is 2.32. The summed E-state index contributed by atoms with van der Waals surface area (Å²) in [5, 5.41) is 3.69. The van der Waals surface area contributed by atoms with Crippen molar-refractivity contribution in [2.24, 2.45) is 0 Å². The lowest BCUT2D eigenvalue weighted by molar-refractivity contribution is 0.0958. The molecule has 1 aromatic rings. The standard InChI is InChI=1S/C8H11N2OP/c1-9-8(11)7-4-3-6(12-2)5-10-7/h3-5,12H,1-2H3,(H,9,11). The Bertz CT molecular complexity index is 271. The van der Waals surface area contributed by atoms with E-state index in [1.165, 1.54) is 5.30 Å². The molecule has 1 amide bonds. The SMILES string of the molecule is CNC(=O)c1ccc(PC)cn1. The molecule has 0 fully saturated rings. The molecule has 1 N–H and O–H groups in total. The van der Waals surface area contributed by atoms with Crippen LogP contribution in [-0.4, -0.2) is 24.6 Å².